The number of nitrogens with zero attached hydrogens (tertiary/aromatic N) is 1. The first kappa shape index (κ1) is 10.6. The SMILES string of the molecule is CC(C)C(O)(CN)Cc1cncs1. The van der Waals surface area contributed by atoms with Gasteiger partial charge in [0.1, 0.15) is 0 Å². The van der Waals surface area contributed by atoms with Crippen LogP contribution in [-0.2, 0) is 6.42 Å². The average molecular weight is 200 g/mol. The molecule has 13 heavy (non-hydrogen) atoms. The predicted octanol–water partition coefficient (Wildman–Crippen LogP) is 1.03. The Morgan fingerprint density at radius 1 is 1.69 bits per heavy atom. The molecule has 0 amide bonds. The Balaban J connectivity index is 2.69. The Kier molecular flexibility index (Phi) is 3.41. The van der Waals surface area contributed by atoms with E-state index in [1.54, 1.807) is 23.0 Å². The molecular formula is C9H16N2OS. The number of nitrogens with two attached hydrogens (primary N) is 1. The second-order valence-corrected chi connectivity index (χ2v) is 4.58. The standard InChI is InChI=1S/C9H16N2OS/c1-7(2)9(12,5-10)3-8-4-11-6-13-8/h4,6-7,12H,3,5,10H2,1-2H3. The van der Waals surface area contributed by atoms with Gasteiger partial charge in [0.25, 0.3) is 0 Å². The molecule has 0 aliphatic rings. The first-order valence-corrected chi connectivity index (χ1v) is 5.26. The molecule has 0 aromatic carbocycles. The number of thiazole rings is 1. The Hall–Kier alpha value is -0.450. The molecule has 0 saturated heterocycles. The predicted molar refractivity (Wildman–Crippen MR) is 54.7 cm³/mol. The van der Waals surface area contributed by atoms with Crippen molar-refractivity contribution < 1.29 is 5.11 Å². The smallest absolute Gasteiger partial charge is 0.0840 e. The van der Waals surface area contributed by atoms with Gasteiger partial charge >= 0.3 is 0 Å². The number of aliphatic hydroxyl groups is 1. The van der Waals surface area contributed by atoms with Gasteiger partial charge in [0.15, 0.2) is 0 Å². The Labute approximate surface area is 82.6 Å². The Bertz CT molecular complexity index is 248. The monoisotopic (exact) mass is 200 g/mol. The third-order valence-corrected chi connectivity index (χ3v) is 3.17. The van der Waals surface area contributed by atoms with Crippen molar-refractivity contribution in [2.45, 2.75) is 25.9 Å². The van der Waals surface area contributed by atoms with Gasteiger partial charge in [-0.25, -0.2) is 0 Å². The second-order valence-electron chi connectivity index (χ2n) is 3.61. The van der Waals surface area contributed by atoms with Gasteiger partial charge in [0, 0.05) is 24.0 Å². The topological polar surface area (TPSA) is 59.1 Å². The largest absolute Gasteiger partial charge is 0.388 e. The summed E-state index contributed by atoms with van der Waals surface area (Å²) >= 11 is 1.56. The Morgan fingerprint density at radius 2 is 2.38 bits per heavy atom. The molecule has 0 radical (unpaired) electrons. The van der Waals surface area contributed by atoms with Gasteiger partial charge < -0.3 is 10.8 Å². The van der Waals surface area contributed by atoms with E-state index < -0.39 is 5.60 Å². The summed E-state index contributed by atoms with van der Waals surface area (Å²) in [6.07, 6.45) is 2.39. The van der Waals surface area contributed by atoms with Crippen LogP contribution in [0.2, 0.25) is 0 Å². The highest BCUT2D eigenvalue weighted by molar-refractivity contribution is 7.09. The van der Waals surface area contributed by atoms with Crippen LogP contribution in [0.1, 0.15) is 18.7 Å². The molecule has 1 aromatic rings. The molecule has 0 spiro atoms. The van der Waals surface area contributed by atoms with E-state index in [-0.39, 0.29) is 5.92 Å². The van der Waals surface area contributed by atoms with E-state index in [1.807, 2.05) is 13.8 Å². The lowest BCUT2D eigenvalue weighted by Gasteiger charge is -2.30. The maximum atomic E-state index is 10.1. The van der Waals surface area contributed by atoms with Crippen LogP contribution in [0.25, 0.3) is 0 Å². The van der Waals surface area contributed by atoms with E-state index in [0.29, 0.717) is 13.0 Å². The minimum atomic E-state index is -0.785. The van der Waals surface area contributed by atoms with Gasteiger partial charge in [-0.3, -0.25) is 4.98 Å². The normalized spacial score (nSPS) is 16.1. The van der Waals surface area contributed by atoms with E-state index in [1.165, 1.54) is 0 Å². The zero-order valence-electron chi connectivity index (χ0n) is 8.03. The fourth-order valence-corrected chi connectivity index (χ4v) is 1.86. The third-order valence-electron chi connectivity index (χ3n) is 2.39. The molecular weight excluding hydrogens is 184 g/mol. The molecule has 1 unspecified atom stereocenters. The molecule has 3 nitrogen and oxygen atoms in total. The summed E-state index contributed by atoms with van der Waals surface area (Å²) in [5.74, 6) is 0.166. The van der Waals surface area contributed by atoms with Crippen LogP contribution in [0.5, 0.6) is 0 Å². The maximum absolute atomic E-state index is 10.1. The van der Waals surface area contributed by atoms with Crippen molar-refractivity contribution in [1.29, 1.82) is 0 Å². The fraction of sp³-hybridized carbons (Fsp3) is 0.667. The van der Waals surface area contributed by atoms with E-state index in [2.05, 4.69) is 4.98 Å². The van der Waals surface area contributed by atoms with Gasteiger partial charge in [0.2, 0.25) is 0 Å². The molecule has 4 heteroatoms. The number of hydrogen-bond acceptors (Lipinski definition) is 4. The highest BCUT2D eigenvalue weighted by Gasteiger charge is 2.29. The molecule has 1 rings (SSSR count). The van der Waals surface area contributed by atoms with Crippen molar-refractivity contribution in [2.24, 2.45) is 11.7 Å². The molecule has 1 aromatic heterocycles. The van der Waals surface area contributed by atoms with Gasteiger partial charge in [0.05, 0.1) is 11.1 Å². The van der Waals surface area contributed by atoms with E-state index in [0.717, 1.165) is 4.88 Å². The number of rotatable bonds is 4. The lowest BCUT2D eigenvalue weighted by molar-refractivity contribution is 0.00475. The summed E-state index contributed by atoms with van der Waals surface area (Å²) in [5.41, 5.74) is 6.54. The van der Waals surface area contributed by atoms with Crippen molar-refractivity contribution in [1.82, 2.24) is 4.98 Å². The van der Waals surface area contributed by atoms with Crippen LogP contribution in [0, 0.1) is 5.92 Å². The summed E-state index contributed by atoms with van der Waals surface area (Å²) in [5, 5.41) is 10.1. The van der Waals surface area contributed by atoms with Gasteiger partial charge in [-0.2, -0.15) is 0 Å². The fourth-order valence-electron chi connectivity index (χ4n) is 1.14. The second kappa shape index (κ2) is 4.17. The molecule has 0 aliphatic heterocycles. The van der Waals surface area contributed by atoms with Crippen LogP contribution in [0.15, 0.2) is 11.7 Å². The quantitative estimate of drug-likeness (QED) is 0.763. The first-order valence-electron chi connectivity index (χ1n) is 4.38. The average Bonchev–Trinajstić information content (AvgIpc) is 2.56. The summed E-state index contributed by atoms with van der Waals surface area (Å²) in [6, 6.07) is 0. The van der Waals surface area contributed by atoms with Gasteiger partial charge in [-0.15, -0.1) is 11.3 Å². The van der Waals surface area contributed by atoms with Crippen LogP contribution in [0.4, 0.5) is 0 Å². The highest BCUT2D eigenvalue weighted by Crippen LogP contribution is 2.22. The molecule has 0 bridgehead atoms. The number of hydrogen-bond donors (Lipinski definition) is 2. The van der Waals surface area contributed by atoms with E-state index in [9.17, 15) is 5.11 Å². The summed E-state index contributed by atoms with van der Waals surface area (Å²) in [6.45, 7) is 4.25. The van der Waals surface area contributed by atoms with Gasteiger partial charge in [-0.05, 0) is 5.92 Å². The minimum absolute atomic E-state index is 0.166. The molecule has 0 saturated carbocycles. The summed E-state index contributed by atoms with van der Waals surface area (Å²) < 4.78 is 0. The van der Waals surface area contributed by atoms with Crippen molar-refractivity contribution in [2.75, 3.05) is 6.54 Å². The molecule has 0 fully saturated rings. The minimum Gasteiger partial charge on any atom is -0.388 e. The van der Waals surface area contributed by atoms with Crippen LogP contribution in [-0.4, -0.2) is 22.2 Å². The number of aromatic nitrogens is 1. The molecule has 1 atom stereocenters. The lowest BCUT2D eigenvalue weighted by atomic mass is 9.87. The van der Waals surface area contributed by atoms with Crippen molar-refractivity contribution >= 4 is 11.3 Å². The molecule has 0 aliphatic carbocycles. The zero-order chi connectivity index (χ0) is 9.90. The summed E-state index contributed by atoms with van der Waals surface area (Å²) in [4.78, 5) is 5.05. The zero-order valence-corrected chi connectivity index (χ0v) is 8.84. The molecule has 3 N–H and O–H groups in total. The van der Waals surface area contributed by atoms with Crippen LogP contribution in [0.3, 0.4) is 0 Å². The van der Waals surface area contributed by atoms with Gasteiger partial charge in [-0.1, -0.05) is 13.8 Å². The van der Waals surface area contributed by atoms with Crippen LogP contribution < -0.4 is 5.73 Å². The van der Waals surface area contributed by atoms with E-state index >= 15 is 0 Å². The maximum Gasteiger partial charge on any atom is 0.0840 e. The first-order chi connectivity index (χ1) is 6.08. The molecule has 74 valence electrons. The highest BCUT2D eigenvalue weighted by atomic mass is 32.1. The lowest BCUT2D eigenvalue weighted by Crippen LogP contribution is -2.44. The summed E-state index contributed by atoms with van der Waals surface area (Å²) in [7, 11) is 0. The third kappa shape index (κ3) is 2.49. The van der Waals surface area contributed by atoms with Crippen molar-refractivity contribution in [3.63, 3.8) is 0 Å². The van der Waals surface area contributed by atoms with Crippen LogP contribution >= 0.6 is 11.3 Å². The Morgan fingerprint density at radius 3 is 2.77 bits per heavy atom. The molecule has 1 heterocycles. The van der Waals surface area contributed by atoms with Crippen molar-refractivity contribution in [3.8, 4) is 0 Å². The van der Waals surface area contributed by atoms with E-state index in [4.69, 9.17) is 5.73 Å². The van der Waals surface area contributed by atoms with Crippen molar-refractivity contribution in [3.05, 3.63) is 16.6 Å².